The van der Waals surface area contributed by atoms with Crippen molar-refractivity contribution in [2.45, 2.75) is 0 Å². The molecule has 0 radical (unpaired) electrons. The number of hydrogen-bond acceptors (Lipinski definition) is 4. The van der Waals surface area contributed by atoms with Gasteiger partial charge in [0, 0.05) is 10.0 Å². The molecule has 0 bridgehead atoms. The largest absolute Gasteiger partial charge is 0.293 e. The maximum Gasteiger partial charge on any atom is 0.293 e. The van der Waals surface area contributed by atoms with Crippen LogP contribution in [0.25, 0.3) is 6.08 Å². The average Bonchev–Trinajstić information content (AvgIpc) is 2.83. The van der Waals surface area contributed by atoms with Gasteiger partial charge in [-0.3, -0.25) is 19.3 Å². The number of carbonyl (C=O) groups is 3. The fraction of sp³-hybridized carbons (Fsp3) is 0.0556. The lowest BCUT2D eigenvalue weighted by Gasteiger charge is -2.11. The molecule has 0 atom stereocenters. The van der Waals surface area contributed by atoms with Crippen LogP contribution in [0.1, 0.15) is 15.9 Å². The van der Waals surface area contributed by atoms with Crippen LogP contribution in [0, 0.1) is 5.82 Å². The third-order valence-electron chi connectivity index (χ3n) is 3.49. The first-order chi connectivity index (χ1) is 11.9. The molecular weight excluding hydrogens is 409 g/mol. The summed E-state index contributed by atoms with van der Waals surface area (Å²) in [5, 5.41) is -0.516. The van der Waals surface area contributed by atoms with Gasteiger partial charge in [0.15, 0.2) is 5.78 Å². The van der Waals surface area contributed by atoms with E-state index in [0.717, 1.165) is 21.1 Å². The summed E-state index contributed by atoms with van der Waals surface area (Å²) >= 11 is 4.02. The molecule has 4 nitrogen and oxygen atoms in total. The predicted octanol–water partition coefficient (Wildman–Crippen LogP) is 4.51. The van der Waals surface area contributed by atoms with Crippen LogP contribution in [-0.4, -0.2) is 28.4 Å². The zero-order valence-electron chi connectivity index (χ0n) is 12.7. The summed E-state index contributed by atoms with van der Waals surface area (Å²) in [6.45, 7) is -0.327. The topological polar surface area (TPSA) is 54.5 Å². The molecule has 2 aromatic rings. The van der Waals surface area contributed by atoms with E-state index in [1.807, 2.05) is 0 Å². The summed E-state index contributed by atoms with van der Waals surface area (Å²) in [5.74, 6) is -1.31. The van der Waals surface area contributed by atoms with E-state index in [4.69, 9.17) is 0 Å². The van der Waals surface area contributed by atoms with Gasteiger partial charge in [-0.1, -0.05) is 40.2 Å². The molecule has 0 N–H and O–H groups in total. The molecule has 0 unspecified atom stereocenters. The lowest BCUT2D eigenvalue weighted by molar-refractivity contribution is -0.122. The molecular formula is C18H11BrFNO3S. The van der Waals surface area contributed by atoms with E-state index < -0.39 is 17.0 Å². The summed E-state index contributed by atoms with van der Waals surface area (Å²) in [6.07, 6.45) is 1.44. The van der Waals surface area contributed by atoms with Crippen LogP contribution >= 0.6 is 27.7 Å². The molecule has 25 heavy (non-hydrogen) atoms. The van der Waals surface area contributed by atoms with Crippen molar-refractivity contribution in [3.8, 4) is 0 Å². The first kappa shape index (κ1) is 17.6. The number of amides is 2. The van der Waals surface area contributed by atoms with Gasteiger partial charge in [0.2, 0.25) is 0 Å². The first-order valence-corrected chi connectivity index (χ1v) is 8.85. The van der Waals surface area contributed by atoms with Gasteiger partial charge in [0.25, 0.3) is 11.1 Å². The van der Waals surface area contributed by atoms with Crippen LogP contribution in [0.2, 0.25) is 0 Å². The second-order valence-corrected chi connectivity index (χ2v) is 7.16. The van der Waals surface area contributed by atoms with Crippen molar-refractivity contribution in [2.24, 2.45) is 0 Å². The molecule has 2 aromatic carbocycles. The fourth-order valence-electron chi connectivity index (χ4n) is 2.25. The highest BCUT2D eigenvalue weighted by atomic mass is 79.9. The van der Waals surface area contributed by atoms with Crippen molar-refractivity contribution in [2.75, 3.05) is 6.54 Å². The zero-order chi connectivity index (χ0) is 18.0. The van der Waals surface area contributed by atoms with Gasteiger partial charge in [-0.05, 0) is 47.7 Å². The number of thioether (sulfide) groups is 1. The predicted molar refractivity (Wildman–Crippen MR) is 97.5 cm³/mol. The zero-order valence-corrected chi connectivity index (χ0v) is 15.1. The molecule has 0 aromatic heterocycles. The Morgan fingerprint density at radius 2 is 1.88 bits per heavy atom. The Hall–Kier alpha value is -2.25. The fourth-order valence-corrected chi connectivity index (χ4v) is 3.36. The lowest BCUT2D eigenvalue weighted by Crippen LogP contribution is -2.33. The number of ketones is 1. The van der Waals surface area contributed by atoms with Crippen LogP contribution < -0.4 is 0 Å². The van der Waals surface area contributed by atoms with E-state index in [-0.39, 0.29) is 17.2 Å². The second kappa shape index (κ2) is 7.33. The van der Waals surface area contributed by atoms with Crippen molar-refractivity contribution >= 4 is 50.7 Å². The number of benzene rings is 2. The third-order valence-corrected chi connectivity index (χ3v) is 4.92. The smallest absolute Gasteiger partial charge is 0.292 e. The van der Waals surface area contributed by atoms with E-state index in [1.54, 1.807) is 30.3 Å². The monoisotopic (exact) mass is 419 g/mol. The number of halogens is 2. The number of imide groups is 1. The molecule has 1 aliphatic rings. The summed E-state index contributed by atoms with van der Waals surface area (Å²) < 4.78 is 14.1. The number of rotatable bonds is 4. The van der Waals surface area contributed by atoms with Crippen molar-refractivity contribution in [3.63, 3.8) is 0 Å². The van der Waals surface area contributed by atoms with Crippen LogP contribution in [-0.2, 0) is 4.79 Å². The van der Waals surface area contributed by atoms with Crippen molar-refractivity contribution in [1.82, 2.24) is 4.90 Å². The summed E-state index contributed by atoms with van der Waals surface area (Å²) in [5.41, 5.74) is 0.890. The number of carbonyl (C=O) groups excluding carboxylic acids is 3. The maximum atomic E-state index is 13.2. The van der Waals surface area contributed by atoms with Gasteiger partial charge in [0.05, 0.1) is 11.4 Å². The number of Topliss-reactive ketones (excluding diaryl/α,β-unsaturated/α-hetero) is 1. The van der Waals surface area contributed by atoms with E-state index in [9.17, 15) is 18.8 Å². The number of hydrogen-bond donors (Lipinski definition) is 0. The summed E-state index contributed by atoms with van der Waals surface area (Å²) in [6, 6.07) is 12.4. The highest BCUT2D eigenvalue weighted by Crippen LogP contribution is 2.32. The Labute approximate surface area is 155 Å². The molecule has 3 rings (SSSR count). The van der Waals surface area contributed by atoms with Crippen LogP contribution in [0.4, 0.5) is 9.18 Å². The molecule has 2 amide bonds. The quantitative estimate of drug-likeness (QED) is 0.540. The van der Waals surface area contributed by atoms with E-state index in [1.165, 1.54) is 24.3 Å². The van der Waals surface area contributed by atoms with Gasteiger partial charge in [0.1, 0.15) is 5.82 Å². The first-order valence-electron chi connectivity index (χ1n) is 7.24. The Morgan fingerprint density at radius 3 is 2.56 bits per heavy atom. The van der Waals surface area contributed by atoms with Crippen LogP contribution in [0.15, 0.2) is 57.9 Å². The van der Waals surface area contributed by atoms with Gasteiger partial charge in [-0.15, -0.1) is 0 Å². The van der Waals surface area contributed by atoms with Gasteiger partial charge in [-0.2, -0.15) is 0 Å². The normalized spacial score (nSPS) is 15.9. The van der Waals surface area contributed by atoms with Crippen molar-refractivity contribution in [3.05, 3.63) is 74.9 Å². The van der Waals surface area contributed by atoms with Crippen LogP contribution in [0.5, 0.6) is 0 Å². The van der Waals surface area contributed by atoms with Crippen molar-refractivity contribution in [1.29, 1.82) is 0 Å². The maximum absolute atomic E-state index is 13.2. The Kier molecular flexibility index (Phi) is 5.15. The third kappa shape index (κ3) is 4.05. The van der Waals surface area contributed by atoms with E-state index in [2.05, 4.69) is 15.9 Å². The van der Waals surface area contributed by atoms with E-state index >= 15 is 0 Å². The Bertz CT molecular complexity index is 895. The molecule has 126 valence electrons. The highest BCUT2D eigenvalue weighted by Gasteiger charge is 2.36. The number of nitrogens with zero attached hydrogens (tertiary/aromatic N) is 1. The Morgan fingerprint density at radius 1 is 1.16 bits per heavy atom. The molecule has 0 saturated carbocycles. The molecule has 0 aliphatic carbocycles. The minimum Gasteiger partial charge on any atom is -0.292 e. The van der Waals surface area contributed by atoms with Gasteiger partial charge >= 0.3 is 0 Å². The van der Waals surface area contributed by atoms with Gasteiger partial charge < -0.3 is 0 Å². The second-order valence-electron chi connectivity index (χ2n) is 5.25. The molecule has 1 aliphatic heterocycles. The Balaban J connectivity index is 1.77. The van der Waals surface area contributed by atoms with Gasteiger partial charge in [-0.25, -0.2) is 4.39 Å². The summed E-state index contributed by atoms with van der Waals surface area (Å²) in [4.78, 5) is 37.8. The van der Waals surface area contributed by atoms with Crippen molar-refractivity contribution < 1.29 is 18.8 Å². The molecule has 1 heterocycles. The summed E-state index contributed by atoms with van der Waals surface area (Å²) in [7, 11) is 0. The minimum atomic E-state index is -0.551. The molecule has 0 spiro atoms. The SMILES string of the molecule is O=C(CN1C(=O)S/C(=C\c2cccc(F)c2)C1=O)c1ccc(Br)cc1. The van der Waals surface area contributed by atoms with E-state index in [0.29, 0.717) is 11.1 Å². The molecule has 1 fully saturated rings. The molecule has 7 heteroatoms. The van der Waals surface area contributed by atoms with Crippen LogP contribution in [0.3, 0.4) is 0 Å². The average molecular weight is 420 g/mol. The highest BCUT2D eigenvalue weighted by molar-refractivity contribution is 9.10. The molecule has 1 saturated heterocycles. The standard InChI is InChI=1S/C18H11BrFNO3S/c19-13-6-4-12(5-7-13)15(22)10-21-17(23)16(25-18(21)24)9-11-2-1-3-14(20)8-11/h1-9H,10H2/b16-9-. The minimum absolute atomic E-state index is 0.166. The lowest BCUT2D eigenvalue weighted by atomic mass is 10.1.